The fourth-order valence-corrected chi connectivity index (χ4v) is 3.92. The van der Waals surface area contributed by atoms with Crippen molar-refractivity contribution in [3.8, 4) is 0 Å². The van der Waals surface area contributed by atoms with Gasteiger partial charge in [0.1, 0.15) is 0 Å². The highest BCUT2D eigenvalue weighted by molar-refractivity contribution is 9.10. The second-order valence-electron chi connectivity index (χ2n) is 4.71. The smallest absolute Gasteiger partial charge is 0.191 e. The van der Waals surface area contributed by atoms with Gasteiger partial charge >= 0.3 is 0 Å². The summed E-state index contributed by atoms with van der Waals surface area (Å²) >= 11 is 3.35. The summed E-state index contributed by atoms with van der Waals surface area (Å²) in [6.07, 6.45) is 0.456. The SMILES string of the molecule is [C-]#[N+]c1cccc(S(=O)(=O)CCc2ccc(Br)cc2)c1C. The highest BCUT2D eigenvalue weighted by Gasteiger charge is 2.18. The Morgan fingerprint density at radius 3 is 2.43 bits per heavy atom. The van der Waals surface area contributed by atoms with E-state index in [1.165, 1.54) is 0 Å². The predicted molar refractivity (Wildman–Crippen MR) is 87.3 cm³/mol. The molecule has 0 aliphatic rings. The molecule has 108 valence electrons. The number of nitrogens with zero attached hydrogens (tertiary/aromatic N) is 1. The van der Waals surface area contributed by atoms with Crippen LogP contribution < -0.4 is 0 Å². The first-order valence-corrected chi connectivity index (χ1v) is 8.83. The second kappa shape index (κ2) is 6.42. The van der Waals surface area contributed by atoms with Crippen LogP contribution in [0.1, 0.15) is 11.1 Å². The van der Waals surface area contributed by atoms with Gasteiger partial charge in [0.25, 0.3) is 0 Å². The quantitative estimate of drug-likeness (QED) is 0.758. The number of rotatable bonds is 4. The molecule has 0 spiro atoms. The van der Waals surface area contributed by atoms with Gasteiger partial charge in [-0.25, -0.2) is 13.3 Å². The number of benzene rings is 2. The summed E-state index contributed by atoms with van der Waals surface area (Å²) in [6, 6.07) is 12.4. The van der Waals surface area contributed by atoms with Crippen molar-refractivity contribution in [1.29, 1.82) is 0 Å². The first-order valence-electron chi connectivity index (χ1n) is 6.38. The lowest BCUT2D eigenvalue weighted by Crippen LogP contribution is -2.10. The third-order valence-corrected chi connectivity index (χ3v) is 5.67. The summed E-state index contributed by atoms with van der Waals surface area (Å²) in [5.41, 5.74) is 1.89. The Morgan fingerprint density at radius 2 is 1.81 bits per heavy atom. The summed E-state index contributed by atoms with van der Waals surface area (Å²) in [5, 5.41) is 0. The summed E-state index contributed by atoms with van der Waals surface area (Å²) in [4.78, 5) is 3.61. The van der Waals surface area contributed by atoms with Gasteiger partial charge in [-0.15, -0.1) is 0 Å². The lowest BCUT2D eigenvalue weighted by atomic mass is 10.2. The fraction of sp³-hybridized carbons (Fsp3) is 0.188. The van der Waals surface area contributed by atoms with Crippen molar-refractivity contribution >= 4 is 31.5 Å². The second-order valence-corrected chi connectivity index (χ2v) is 7.70. The minimum Gasteiger partial charge on any atom is -0.238 e. The van der Waals surface area contributed by atoms with Crippen LogP contribution in [0.3, 0.4) is 0 Å². The van der Waals surface area contributed by atoms with Crippen LogP contribution >= 0.6 is 15.9 Å². The third-order valence-electron chi connectivity index (χ3n) is 3.28. The van der Waals surface area contributed by atoms with Gasteiger partial charge in [-0.1, -0.05) is 40.2 Å². The molecule has 3 nitrogen and oxygen atoms in total. The molecule has 0 amide bonds. The Hall–Kier alpha value is -1.64. The van der Waals surface area contributed by atoms with E-state index in [-0.39, 0.29) is 10.6 Å². The fourth-order valence-electron chi connectivity index (χ4n) is 2.07. The molecule has 0 atom stereocenters. The molecule has 0 aromatic heterocycles. The average Bonchev–Trinajstić information content (AvgIpc) is 2.47. The summed E-state index contributed by atoms with van der Waals surface area (Å²) in [6.45, 7) is 8.75. The zero-order valence-corrected chi connectivity index (χ0v) is 13.9. The number of hydrogen-bond acceptors (Lipinski definition) is 2. The minimum atomic E-state index is -3.39. The van der Waals surface area contributed by atoms with Crippen molar-refractivity contribution in [2.24, 2.45) is 0 Å². The predicted octanol–water partition coefficient (Wildman–Crippen LogP) is 4.32. The molecular weight excluding hydrogens is 350 g/mol. The third kappa shape index (κ3) is 3.72. The molecule has 0 unspecified atom stereocenters. The molecule has 0 aliphatic heterocycles. The number of halogens is 1. The maximum Gasteiger partial charge on any atom is 0.191 e. The van der Waals surface area contributed by atoms with Crippen molar-refractivity contribution in [2.45, 2.75) is 18.2 Å². The maximum atomic E-state index is 12.4. The van der Waals surface area contributed by atoms with Crippen molar-refractivity contribution in [3.63, 3.8) is 0 Å². The van der Waals surface area contributed by atoms with Crippen molar-refractivity contribution in [3.05, 3.63) is 69.5 Å². The van der Waals surface area contributed by atoms with E-state index in [4.69, 9.17) is 6.57 Å². The molecule has 5 heteroatoms. The summed E-state index contributed by atoms with van der Waals surface area (Å²) in [7, 11) is -3.39. The highest BCUT2D eigenvalue weighted by Crippen LogP contribution is 2.26. The van der Waals surface area contributed by atoms with Gasteiger partial charge in [0.05, 0.1) is 17.2 Å². The molecule has 0 aliphatic carbocycles. The van der Waals surface area contributed by atoms with E-state index < -0.39 is 9.84 Å². The topological polar surface area (TPSA) is 38.5 Å². The van der Waals surface area contributed by atoms with Crippen molar-refractivity contribution in [1.82, 2.24) is 0 Å². The van der Waals surface area contributed by atoms with Crippen molar-refractivity contribution < 1.29 is 8.42 Å². The van der Waals surface area contributed by atoms with Gasteiger partial charge in [-0.05, 0) is 42.7 Å². The Bertz CT molecular complexity index is 790. The Morgan fingerprint density at radius 1 is 1.14 bits per heavy atom. The molecule has 0 fully saturated rings. The van der Waals surface area contributed by atoms with Gasteiger partial charge < -0.3 is 0 Å². The molecular formula is C16H14BrNO2S. The van der Waals surface area contributed by atoms with Crippen LogP contribution in [0.5, 0.6) is 0 Å². The Labute approximate surface area is 133 Å². The summed E-state index contributed by atoms with van der Waals surface area (Å²) < 4.78 is 25.9. The van der Waals surface area contributed by atoms with Gasteiger partial charge in [0.2, 0.25) is 0 Å². The highest BCUT2D eigenvalue weighted by atomic mass is 79.9. The molecule has 0 radical (unpaired) electrons. The first-order chi connectivity index (χ1) is 9.94. The van der Waals surface area contributed by atoms with Crippen LogP contribution in [-0.2, 0) is 16.3 Å². The Kier molecular flexibility index (Phi) is 4.81. The van der Waals surface area contributed by atoms with E-state index in [0.29, 0.717) is 17.7 Å². The molecule has 0 N–H and O–H groups in total. The average molecular weight is 364 g/mol. The van der Waals surface area contributed by atoms with E-state index >= 15 is 0 Å². The summed E-state index contributed by atoms with van der Waals surface area (Å²) in [5.74, 6) is 0.0386. The van der Waals surface area contributed by atoms with E-state index in [9.17, 15) is 8.42 Å². The number of sulfone groups is 1. The molecule has 2 rings (SSSR count). The van der Waals surface area contributed by atoms with Crippen LogP contribution in [0.25, 0.3) is 4.85 Å². The zero-order chi connectivity index (χ0) is 15.5. The van der Waals surface area contributed by atoms with Crippen LogP contribution in [-0.4, -0.2) is 14.2 Å². The monoisotopic (exact) mass is 363 g/mol. The number of hydrogen-bond donors (Lipinski definition) is 0. The molecule has 0 saturated carbocycles. The van der Waals surface area contributed by atoms with Crippen LogP contribution in [0, 0.1) is 13.5 Å². The zero-order valence-electron chi connectivity index (χ0n) is 11.5. The lowest BCUT2D eigenvalue weighted by molar-refractivity contribution is 0.595. The lowest BCUT2D eigenvalue weighted by Gasteiger charge is -2.09. The molecule has 21 heavy (non-hydrogen) atoms. The molecule has 0 saturated heterocycles. The van der Waals surface area contributed by atoms with E-state index in [2.05, 4.69) is 20.8 Å². The van der Waals surface area contributed by atoms with E-state index in [1.807, 2.05) is 24.3 Å². The largest absolute Gasteiger partial charge is 0.238 e. The van der Waals surface area contributed by atoms with Crippen molar-refractivity contribution in [2.75, 3.05) is 5.75 Å². The standard InChI is InChI=1S/C16H14BrNO2S/c1-12-15(18-2)4-3-5-16(12)21(19,20)11-10-13-6-8-14(17)9-7-13/h3-9H,10-11H2,1H3. The van der Waals surface area contributed by atoms with E-state index in [0.717, 1.165) is 10.0 Å². The van der Waals surface area contributed by atoms with Gasteiger partial charge in [0, 0.05) is 4.47 Å². The van der Waals surface area contributed by atoms with Crippen LogP contribution in [0.15, 0.2) is 51.8 Å². The Balaban J connectivity index is 2.23. The van der Waals surface area contributed by atoms with E-state index in [1.54, 1.807) is 25.1 Å². The molecule has 0 heterocycles. The molecule has 2 aromatic rings. The number of aryl methyl sites for hydroxylation is 1. The molecule has 2 aromatic carbocycles. The molecule has 0 bridgehead atoms. The van der Waals surface area contributed by atoms with Gasteiger partial charge in [-0.2, -0.15) is 0 Å². The minimum absolute atomic E-state index is 0.0386. The maximum absolute atomic E-state index is 12.4. The van der Waals surface area contributed by atoms with Gasteiger partial charge in [0.15, 0.2) is 15.5 Å². The normalized spacial score (nSPS) is 11.1. The van der Waals surface area contributed by atoms with Crippen LogP contribution in [0.4, 0.5) is 5.69 Å². The van der Waals surface area contributed by atoms with Gasteiger partial charge in [-0.3, -0.25) is 0 Å². The van der Waals surface area contributed by atoms with Crippen LogP contribution in [0.2, 0.25) is 0 Å². The first kappa shape index (κ1) is 15.7.